The summed E-state index contributed by atoms with van der Waals surface area (Å²) in [6.45, 7) is 4.28. The largest absolute Gasteiger partial charge is 0.340 e. The van der Waals surface area contributed by atoms with E-state index in [0.29, 0.717) is 0 Å². The SMILES string of the molecule is Cc1sc2nc(Cc3ccccc3)nc(Nc3ccc(Br)cc3)c2c1C. The van der Waals surface area contributed by atoms with E-state index < -0.39 is 0 Å². The zero-order chi connectivity index (χ0) is 18.1. The van der Waals surface area contributed by atoms with Gasteiger partial charge >= 0.3 is 0 Å². The van der Waals surface area contributed by atoms with Crippen LogP contribution >= 0.6 is 27.3 Å². The quantitative estimate of drug-likeness (QED) is 0.412. The smallest absolute Gasteiger partial charge is 0.143 e. The topological polar surface area (TPSA) is 37.8 Å². The van der Waals surface area contributed by atoms with Gasteiger partial charge in [0.1, 0.15) is 16.5 Å². The normalized spacial score (nSPS) is 11.0. The maximum atomic E-state index is 4.86. The molecule has 4 aromatic rings. The molecule has 130 valence electrons. The Labute approximate surface area is 165 Å². The van der Waals surface area contributed by atoms with Crippen molar-refractivity contribution in [3.63, 3.8) is 0 Å². The maximum Gasteiger partial charge on any atom is 0.143 e. The van der Waals surface area contributed by atoms with Crippen LogP contribution in [0.5, 0.6) is 0 Å². The molecule has 1 N–H and O–H groups in total. The van der Waals surface area contributed by atoms with Gasteiger partial charge in [-0.1, -0.05) is 46.3 Å². The van der Waals surface area contributed by atoms with Crippen molar-refractivity contribution in [2.45, 2.75) is 20.3 Å². The summed E-state index contributed by atoms with van der Waals surface area (Å²) >= 11 is 5.21. The molecule has 2 aromatic carbocycles. The fourth-order valence-corrected chi connectivity index (χ4v) is 4.22. The summed E-state index contributed by atoms with van der Waals surface area (Å²) in [6, 6.07) is 18.5. The number of halogens is 1. The molecule has 0 atom stereocenters. The summed E-state index contributed by atoms with van der Waals surface area (Å²) in [5, 5.41) is 4.61. The monoisotopic (exact) mass is 423 g/mol. The predicted molar refractivity (Wildman–Crippen MR) is 114 cm³/mol. The molecule has 26 heavy (non-hydrogen) atoms. The first-order valence-electron chi connectivity index (χ1n) is 8.43. The molecule has 3 nitrogen and oxygen atoms in total. The molecule has 0 amide bonds. The van der Waals surface area contributed by atoms with E-state index >= 15 is 0 Å². The molecule has 4 rings (SSSR count). The van der Waals surface area contributed by atoms with E-state index in [-0.39, 0.29) is 0 Å². The van der Waals surface area contributed by atoms with Crippen molar-refractivity contribution >= 4 is 49.0 Å². The summed E-state index contributed by atoms with van der Waals surface area (Å²) in [4.78, 5) is 12.0. The minimum Gasteiger partial charge on any atom is -0.340 e. The van der Waals surface area contributed by atoms with Gasteiger partial charge in [-0.25, -0.2) is 9.97 Å². The lowest BCUT2D eigenvalue weighted by molar-refractivity contribution is 0.999. The van der Waals surface area contributed by atoms with E-state index in [1.54, 1.807) is 11.3 Å². The van der Waals surface area contributed by atoms with Crippen molar-refractivity contribution in [3.8, 4) is 0 Å². The predicted octanol–water partition coefficient (Wildman–Crippen LogP) is 6.41. The molecule has 0 fully saturated rings. The highest BCUT2D eigenvalue weighted by atomic mass is 79.9. The molecule has 0 aliphatic heterocycles. The van der Waals surface area contributed by atoms with Crippen molar-refractivity contribution < 1.29 is 0 Å². The van der Waals surface area contributed by atoms with E-state index in [1.807, 2.05) is 42.5 Å². The molecule has 0 aliphatic rings. The number of rotatable bonds is 4. The molecule has 0 spiro atoms. The van der Waals surface area contributed by atoms with Gasteiger partial charge in [-0.15, -0.1) is 11.3 Å². The Morgan fingerprint density at radius 3 is 2.42 bits per heavy atom. The molecule has 0 saturated heterocycles. The average molecular weight is 424 g/mol. The van der Waals surface area contributed by atoms with Gasteiger partial charge in [0.25, 0.3) is 0 Å². The second-order valence-electron chi connectivity index (χ2n) is 6.25. The lowest BCUT2D eigenvalue weighted by Crippen LogP contribution is -2.02. The van der Waals surface area contributed by atoms with Crippen LogP contribution in [0.15, 0.2) is 59.1 Å². The number of nitrogens with one attached hydrogen (secondary N) is 1. The van der Waals surface area contributed by atoms with Crippen LogP contribution in [0.1, 0.15) is 21.8 Å². The Morgan fingerprint density at radius 2 is 1.69 bits per heavy atom. The third-order valence-electron chi connectivity index (χ3n) is 4.39. The third kappa shape index (κ3) is 3.50. The summed E-state index contributed by atoms with van der Waals surface area (Å²) in [6.07, 6.45) is 0.724. The van der Waals surface area contributed by atoms with Crippen molar-refractivity contribution in [2.24, 2.45) is 0 Å². The lowest BCUT2D eigenvalue weighted by Gasteiger charge is -2.10. The van der Waals surface area contributed by atoms with E-state index in [2.05, 4.69) is 47.2 Å². The van der Waals surface area contributed by atoms with Gasteiger partial charge in [-0.3, -0.25) is 0 Å². The third-order valence-corrected chi connectivity index (χ3v) is 6.02. The first-order chi connectivity index (χ1) is 12.6. The van der Waals surface area contributed by atoms with Crippen LogP contribution in [0, 0.1) is 13.8 Å². The number of benzene rings is 2. The number of anilines is 2. The minimum atomic E-state index is 0.724. The Balaban J connectivity index is 1.79. The second kappa shape index (κ2) is 7.17. The van der Waals surface area contributed by atoms with E-state index in [4.69, 9.17) is 9.97 Å². The number of thiophene rings is 1. The highest BCUT2D eigenvalue weighted by Crippen LogP contribution is 2.35. The molecule has 0 unspecified atom stereocenters. The summed E-state index contributed by atoms with van der Waals surface area (Å²) in [5.74, 6) is 1.72. The van der Waals surface area contributed by atoms with Crippen molar-refractivity contribution in [1.82, 2.24) is 9.97 Å². The zero-order valence-corrected chi connectivity index (χ0v) is 17.0. The van der Waals surface area contributed by atoms with Crippen LogP contribution in [0.3, 0.4) is 0 Å². The van der Waals surface area contributed by atoms with E-state index in [1.165, 1.54) is 16.0 Å². The molecule has 0 bridgehead atoms. The van der Waals surface area contributed by atoms with Gasteiger partial charge in [-0.05, 0) is 49.2 Å². The van der Waals surface area contributed by atoms with Crippen molar-refractivity contribution in [2.75, 3.05) is 5.32 Å². The maximum absolute atomic E-state index is 4.86. The van der Waals surface area contributed by atoms with Crippen LogP contribution in [0.2, 0.25) is 0 Å². The molecular weight excluding hydrogens is 406 g/mol. The number of hydrogen-bond donors (Lipinski definition) is 1. The standard InChI is InChI=1S/C21H18BrN3S/c1-13-14(2)26-21-19(13)20(23-17-10-8-16(22)9-11-17)24-18(25-21)12-15-6-4-3-5-7-15/h3-11H,12H2,1-2H3,(H,23,24,25). The van der Waals surface area contributed by atoms with Gasteiger partial charge in [0.15, 0.2) is 0 Å². The number of aryl methyl sites for hydroxylation is 2. The van der Waals surface area contributed by atoms with Crippen LogP contribution in [0.25, 0.3) is 10.2 Å². The van der Waals surface area contributed by atoms with Gasteiger partial charge in [0.05, 0.1) is 5.39 Å². The second-order valence-corrected chi connectivity index (χ2v) is 8.36. The molecule has 2 heterocycles. The fourth-order valence-electron chi connectivity index (χ4n) is 2.91. The average Bonchev–Trinajstić information content (AvgIpc) is 2.92. The minimum absolute atomic E-state index is 0.724. The molecule has 0 saturated carbocycles. The van der Waals surface area contributed by atoms with Gasteiger partial charge in [0.2, 0.25) is 0 Å². The Hall–Kier alpha value is -2.24. The van der Waals surface area contributed by atoms with Gasteiger partial charge < -0.3 is 5.32 Å². The Kier molecular flexibility index (Phi) is 4.74. The van der Waals surface area contributed by atoms with Crippen LogP contribution < -0.4 is 5.32 Å². The summed E-state index contributed by atoms with van der Waals surface area (Å²) in [5.41, 5.74) is 3.48. The summed E-state index contributed by atoms with van der Waals surface area (Å²) in [7, 11) is 0. The van der Waals surface area contributed by atoms with Gasteiger partial charge in [0, 0.05) is 21.5 Å². The zero-order valence-electron chi connectivity index (χ0n) is 14.6. The molecular formula is C21H18BrN3S. The number of aromatic nitrogens is 2. The van der Waals surface area contributed by atoms with Gasteiger partial charge in [-0.2, -0.15) is 0 Å². The van der Waals surface area contributed by atoms with Crippen LogP contribution in [-0.4, -0.2) is 9.97 Å². The molecule has 0 aliphatic carbocycles. The first kappa shape index (κ1) is 17.2. The van der Waals surface area contributed by atoms with E-state index in [0.717, 1.165) is 38.4 Å². The summed E-state index contributed by atoms with van der Waals surface area (Å²) < 4.78 is 1.06. The highest BCUT2D eigenvalue weighted by molar-refractivity contribution is 9.10. The van der Waals surface area contributed by atoms with E-state index in [9.17, 15) is 0 Å². The first-order valence-corrected chi connectivity index (χ1v) is 10.0. The lowest BCUT2D eigenvalue weighted by atomic mass is 10.1. The number of hydrogen-bond acceptors (Lipinski definition) is 4. The molecule has 0 radical (unpaired) electrons. The number of fused-ring (bicyclic) bond motifs is 1. The Morgan fingerprint density at radius 1 is 0.962 bits per heavy atom. The Bertz CT molecular complexity index is 1060. The molecule has 2 aromatic heterocycles. The number of nitrogens with zero attached hydrogens (tertiary/aromatic N) is 2. The van der Waals surface area contributed by atoms with Crippen molar-refractivity contribution in [1.29, 1.82) is 0 Å². The van der Waals surface area contributed by atoms with Crippen molar-refractivity contribution in [3.05, 3.63) is 80.9 Å². The van der Waals surface area contributed by atoms with Crippen LogP contribution in [-0.2, 0) is 6.42 Å². The molecule has 5 heteroatoms. The van der Waals surface area contributed by atoms with Crippen LogP contribution in [0.4, 0.5) is 11.5 Å². The fraction of sp³-hybridized carbons (Fsp3) is 0.143. The highest BCUT2D eigenvalue weighted by Gasteiger charge is 2.15.